The second kappa shape index (κ2) is 8.10. The van der Waals surface area contributed by atoms with Gasteiger partial charge in [-0.3, -0.25) is 4.79 Å². The van der Waals surface area contributed by atoms with Crippen LogP contribution in [0.15, 0.2) is 0 Å². The molecule has 1 N–H and O–H groups in total. The summed E-state index contributed by atoms with van der Waals surface area (Å²) in [6, 6.07) is 2.52. The number of rotatable bonds is 8. The number of amides is 1. The summed E-state index contributed by atoms with van der Waals surface area (Å²) < 4.78 is 0. The van der Waals surface area contributed by atoms with E-state index in [0.29, 0.717) is 19.4 Å². The van der Waals surface area contributed by atoms with Gasteiger partial charge in [-0.1, -0.05) is 26.7 Å². The highest BCUT2D eigenvalue weighted by atomic mass is 16.2. The average Bonchev–Trinajstić information content (AvgIpc) is 2.34. The van der Waals surface area contributed by atoms with Gasteiger partial charge in [0, 0.05) is 12.6 Å². The first-order valence-corrected chi connectivity index (χ1v) is 6.79. The number of nitriles is 1. The Morgan fingerprint density at radius 3 is 2.17 bits per heavy atom. The van der Waals surface area contributed by atoms with Crippen molar-refractivity contribution in [3.05, 3.63) is 0 Å². The molecule has 1 amide bonds. The van der Waals surface area contributed by atoms with E-state index in [-0.39, 0.29) is 11.9 Å². The van der Waals surface area contributed by atoms with E-state index < -0.39 is 5.41 Å². The molecule has 104 valence electrons. The van der Waals surface area contributed by atoms with Crippen LogP contribution in [0.1, 0.15) is 46.5 Å². The van der Waals surface area contributed by atoms with Crippen molar-refractivity contribution in [3.8, 4) is 6.07 Å². The molecule has 0 aromatic rings. The third kappa shape index (κ3) is 4.66. The first-order chi connectivity index (χ1) is 8.43. The Bertz CT molecular complexity index is 288. The van der Waals surface area contributed by atoms with Gasteiger partial charge < -0.3 is 10.2 Å². The summed E-state index contributed by atoms with van der Waals surface area (Å²) in [6.07, 6.45) is 2.98. The molecule has 1 atom stereocenters. The largest absolute Gasteiger partial charge is 0.353 e. The Balaban J connectivity index is 4.62. The molecule has 0 rings (SSSR count). The van der Waals surface area contributed by atoms with E-state index in [4.69, 9.17) is 0 Å². The molecule has 0 aromatic heterocycles. The van der Waals surface area contributed by atoms with Crippen molar-refractivity contribution in [1.82, 2.24) is 10.2 Å². The van der Waals surface area contributed by atoms with Crippen molar-refractivity contribution < 1.29 is 4.79 Å². The van der Waals surface area contributed by atoms with Crippen LogP contribution in [0.5, 0.6) is 0 Å². The Hall–Kier alpha value is -1.08. The van der Waals surface area contributed by atoms with Crippen molar-refractivity contribution in [2.24, 2.45) is 5.41 Å². The minimum Gasteiger partial charge on any atom is -0.353 e. The van der Waals surface area contributed by atoms with Crippen molar-refractivity contribution in [1.29, 1.82) is 5.26 Å². The summed E-state index contributed by atoms with van der Waals surface area (Å²) in [5, 5.41) is 12.3. The number of hydrogen-bond donors (Lipinski definition) is 1. The zero-order valence-electron chi connectivity index (χ0n) is 12.4. The van der Waals surface area contributed by atoms with E-state index in [1.165, 1.54) is 0 Å². The number of likely N-dealkylation sites (N-methyl/N-ethyl adjacent to an activating group) is 1. The standard InChI is InChI=1S/C14H27N3O/c1-6-8-14(11-15,9-7-2)13(18)16-10-12(3)17(4)5/h12H,6-10H2,1-5H3,(H,16,18). The first kappa shape index (κ1) is 16.9. The number of nitrogens with zero attached hydrogens (tertiary/aromatic N) is 2. The molecule has 0 heterocycles. The lowest BCUT2D eigenvalue weighted by Gasteiger charge is -2.27. The van der Waals surface area contributed by atoms with Gasteiger partial charge in [-0.05, 0) is 33.9 Å². The molecule has 0 saturated heterocycles. The van der Waals surface area contributed by atoms with Crippen molar-refractivity contribution >= 4 is 5.91 Å². The smallest absolute Gasteiger partial charge is 0.240 e. The first-order valence-electron chi connectivity index (χ1n) is 6.79. The lowest BCUT2D eigenvalue weighted by atomic mass is 9.79. The monoisotopic (exact) mass is 253 g/mol. The molecule has 0 aliphatic rings. The van der Waals surface area contributed by atoms with Gasteiger partial charge in [0.1, 0.15) is 5.41 Å². The highest BCUT2D eigenvalue weighted by Gasteiger charge is 2.36. The lowest BCUT2D eigenvalue weighted by molar-refractivity contribution is -0.129. The van der Waals surface area contributed by atoms with E-state index >= 15 is 0 Å². The quantitative estimate of drug-likeness (QED) is 0.721. The minimum absolute atomic E-state index is 0.109. The molecule has 1 unspecified atom stereocenters. The van der Waals surface area contributed by atoms with Gasteiger partial charge in [0.25, 0.3) is 0 Å². The van der Waals surface area contributed by atoms with Crippen LogP contribution in [0, 0.1) is 16.7 Å². The molecular weight excluding hydrogens is 226 g/mol. The van der Waals surface area contributed by atoms with E-state index in [2.05, 4.69) is 11.4 Å². The molecule has 4 heteroatoms. The van der Waals surface area contributed by atoms with Crippen molar-refractivity contribution in [3.63, 3.8) is 0 Å². The number of hydrogen-bond acceptors (Lipinski definition) is 3. The topological polar surface area (TPSA) is 56.1 Å². The fraction of sp³-hybridized carbons (Fsp3) is 0.857. The van der Waals surface area contributed by atoms with Gasteiger partial charge in [0.05, 0.1) is 6.07 Å². The zero-order chi connectivity index (χ0) is 14.2. The minimum atomic E-state index is -0.838. The summed E-state index contributed by atoms with van der Waals surface area (Å²) >= 11 is 0. The summed E-state index contributed by atoms with van der Waals surface area (Å²) in [5.41, 5.74) is -0.838. The average molecular weight is 253 g/mol. The van der Waals surface area contributed by atoms with Gasteiger partial charge in [-0.25, -0.2) is 0 Å². The summed E-state index contributed by atoms with van der Waals surface area (Å²) in [7, 11) is 3.96. The van der Waals surface area contributed by atoms with E-state index in [1.807, 2.05) is 39.8 Å². The van der Waals surface area contributed by atoms with Crippen LogP contribution < -0.4 is 5.32 Å². The molecule has 0 saturated carbocycles. The number of carbonyl (C=O) groups is 1. The molecule has 0 aromatic carbocycles. The second-order valence-electron chi connectivity index (χ2n) is 5.22. The van der Waals surface area contributed by atoms with Crippen LogP contribution >= 0.6 is 0 Å². The Labute approximate surface area is 111 Å². The fourth-order valence-corrected chi connectivity index (χ4v) is 1.96. The van der Waals surface area contributed by atoms with E-state index in [9.17, 15) is 10.1 Å². The van der Waals surface area contributed by atoms with Crippen LogP contribution in [-0.2, 0) is 4.79 Å². The van der Waals surface area contributed by atoms with Crippen LogP contribution in [-0.4, -0.2) is 37.5 Å². The molecule has 0 fully saturated rings. The summed E-state index contributed by atoms with van der Waals surface area (Å²) in [6.45, 7) is 6.66. The predicted molar refractivity (Wildman–Crippen MR) is 74.0 cm³/mol. The summed E-state index contributed by atoms with van der Waals surface area (Å²) in [4.78, 5) is 14.3. The second-order valence-corrected chi connectivity index (χ2v) is 5.22. The van der Waals surface area contributed by atoms with Gasteiger partial charge in [-0.2, -0.15) is 5.26 Å². The molecule has 0 spiro atoms. The zero-order valence-corrected chi connectivity index (χ0v) is 12.4. The molecule has 0 aliphatic carbocycles. The predicted octanol–water partition coefficient (Wildman–Crippen LogP) is 2.16. The molecule has 18 heavy (non-hydrogen) atoms. The Morgan fingerprint density at radius 2 is 1.83 bits per heavy atom. The normalized spacial score (nSPS) is 13.2. The van der Waals surface area contributed by atoms with E-state index in [1.54, 1.807) is 0 Å². The third-order valence-corrected chi connectivity index (χ3v) is 3.44. The van der Waals surface area contributed by atoms with Crippen molar-refractivity contribution in [2.45, 2.75) is 52.5 Å². The highest BCUT2D eigenvalue weighted by Crippen LogP contribution is 2.29. The number of nitrogens with one attached hydrogen (secondary N) is 1. The fourth-order valence-electron chi connectivity index (χ4n) is 1.96. The maximum absolute atomic E-state index is 12.3. The van der Waals surface area contributed by atoms with Gasteiger partial charge in [0.15, 0.2) is 0 Å². The SMILES string of the molecule is CCCC(C#N)(CCC)C(=O)NCC(C)N(C)C. The molecule has 0 bridgehead atoms. The van der Waals surface area contributed by atoms with E-state index in [0.717, 1.165) is 12.8 Å². The van der Waals surface area contributed by atoms with Gasteiger partial charge >= 0.3 is 0 Å². The maximum Gasteiger partial charge on any atom is 0.240 e. The number of carbonyl (C=O) groups excluding carboxylic acids is 1. The van der Waals surface area contributed by atoms with Gasteiger partial charge in [-0.15, -0.1) is 0 Å². The lowest BCUT2D eigenvalue weighted by Crippen LogP contribution is -2.45. The molecular formula is C14H27N3O. The molecule has 4 nitrogen and oxygen atoms in total. The third-order valence-electron chi connectivity index (χ3n) is 3.44. The van der Waals surface area contributed by atoms with Gasteiger partial charge in [0.2, 0.25) is 5.91 Å². The summed E-state index contributed by atoms with van der Waals surface area (Å²) in [5.74, 6) is -0.109. The van der Waals surface area contributed by atoms with Crippen LogP contribution in [0.2, 0.25) is 0 Å². The Kier molecular flexibility index (Phi) is 7.61. The van der Waals surface area contributed by atoms with Crippen LogP contribution in [0.25, 0.3) is 0 Å². The Morgan fingerprint density at radius 1 is 1.33 bits per heavy atom. The van der Waals surface area contributed by atoms with Crippen molar-refractivity contribution in [2.75, 3.05) is 20.6 Å². The van der Waals surface area contributed by atoms with Crippen LogP contribution in [0.3, 0.4) is 0 Å². The molecule has 0 radical (unpaired) electrons. The molecule has 0 aliphatic heterocycles. The highest BCUT2D eigenvalue weighted by molar-refractivity contribution is 5.85. The van der Waals surface area contributed by atoms with Crippen LogP contribution in [0.4, 0.5) is 0 Å². The maximum atomic E-state index is 12.3.